The van der Waals surface area contributed by atoms with Gasteiger partial charge in [-0.2, -0.15) is 0 Å². The van der Waals surface area contributed by atoms with Gasteiger partial charge >= 0.3 is 0 Å². The molecule has 6 heteroatoms. The molecule has 0 saturated carbocycles. The minimum Gasteiger partial charge on any atom is -0.493 e. The molecule has 24 heavy (non-hydrogen) atoms. The molecule has 0 fully saturated rings. The van der Waals surface area contributed by atoms with Gasteiger partial charge in [-0.3, -0.25) is 4.79 Å². The second-order valence-electron chi connectivity index (χ2n) is 5.04. The molecule has 0 radical (unpaired) electrons. The molecular weight excluding hydrogens is 372 g/mol. The monoisotopic (exact) mass is 386 g/mol. The number of benzene rings is 2. The third kappa shape index (κ3) is 3.19. The summed E-state index contributed by atoms with van der Waals surface area (Å²) in [6.45, 7) is 0. The van der Waals surface area contributed by atoms with E-state index in [-0.39, 0.29) is 5.91 Å². The number of hydrogen-bond donors (Lipinski definition) is 1. The van der Waals surface area contributed by atoms with Crippen LogP contribution in [-0.4, -0.2) is 26.0 Å². The van der Waals surface area contributed by atoms with Crippen LogP contribution >= 0.6 is 15.9 Å². The molecule has 1 amide bonds. The molecule has 0 spiro atoms. The first-order chi connectivity index (χ1) is 11.6. The van der Waals surface area contributed by atoms with Gasteiger partial charge in [-0.1, -0.05) is 40.2 Å². The number of nitrogens with one attached hydrogen (secondary N) is 1. The Bertz CT molecular complexity index is 859. The molecule has 122 valence electrons. The van der Waals surface area contributed by atoms with E-state index in [1.807, 2.05) is 30.3 Å². The molecule has 2 aromatic carbocycles. The highest BCUT2D eigenvalue weighted by Crippen LogP contribution is 2.29. The van der Waals surface area contributed by atoms with Gasteiger partial charge in [0.1, 0.15) is 11.5 Å². The number of ether oxygens (including phenoxy) is 2. The fourth-order valence-corrected chi connectivity index (χ4v) is 2.82. The van der Waals surface area contributed by atoms with Gasteiger partial charge in [0.15, 0.2) is 11.5 Å². The summed E-state index contributed by atoms with van der Waals surface area (Å²) in [4.78, 5) is 16.6. The second kappa shape index (κ2) is 6.88. The molecule has 3 rings (SSSR count). The number of rotatable bonds is 4. The van der Waals surface area contributed by atoms with Crippen molar-refractivity contribution in [2.45, 2.75) is 0 Å². The van der Waals surface area contributed by atoms with Crippen LogP contribution in [0.1, 0.15) is 11.1 Å². The van der Waals surface area contributed by atoms with E-state index in [0.29, 0.717) is 23.0 Å². The van der Waals surface area contributed by atoms with Gasteiger partial charge < -0.3 is 14.8 Å². The standard InChI is InChI=1S/C18H15BrN2O3/c1-23-15-8-7-11(10-16(15)24-2)9-14-18(22)21-17(20-14)12-5-3-4-6-13(12)19/h3-10H,1-2H3,(H,20,21,22)/b14-9-. The largest absolute Gasteiger partial charge is 0.493 e. The van der Waals surface area contributed by atoms with Crippen molar-refractivity contribution in [2.24, 2.45) is 4.99 Å². The molecule has 1 aliphatic heterocycles. The zero-order valence-electron chi connectivity index (χ0n) is 13.2. The maximum Gasteiger partial charge on any atom is 0.275 e. The predicted octanol–water partition coefficient (Wildman–Crippen LogP) is 3.38. The minimum atomic E-state index is -0.240. The summed E-state index contributed by atoms with van der Waals surface area (Å²) in [6, 6.07) is 13.0. The topological polar surface area (TPSA) is 59.9 Å². The van der Waals surface area contributed by atoms with Crippen LogP contribution in [0.4, 0.5) is 0 Å². The van der Waals surface area contributed by atoms with Crippen LogP contribution in [0.15, 0.2) is 57.6 Å². The number of amides is 1. The van der Waals surface area contributed by atoms with Crippen molar-refractivity contribution in [3.05, 3.63) is 63.8 Å². The summed E-state index contributed by atoms with van der Waals surface area (Å²) < 4.78 is 11.4. The summed E-state index contributed by atoms with van der Waals surface area (Å²) in [5.41, 5.74) is 1.98. The summed E-state index contributed by atoms with van der Waals surface area (Å²) >= 11 is 3.47. The van der Waals surface area contributed by atoms with Gasteiger partial charge in [0, 0.05) is 10.0 Å². The van der Waals surface area contributed by atoms with E-state index >= 15 is 0 Å². The lowest BCUT2D eigenvalue weighted by Gasteiger charge is -2.07. The summed E-state index contributed by atoms with van der Waals surface area (Å²) in [6.07, 6.45) is 1.71. The highest BCUT2D eigenvalue weighted by molar-refractivity contribution is 9.10. The summed E-state index contributed by atoms with van der Waals surface area (Å²) in [5.74, 6) is 1.52. The van der Waals surface area contributed by atoms with Crippen LogP contribution in [-0.2, 0) is 4.79 Å². The van der Waals surface area contributed by atoms with E-state index in [4.69, 9.17) is 9.47 Å². The van der Waals surface area contributed by atoms with E-state index in [0.717, 1.165) is 15.6 Å². The highest BCUT2D eigenvalue weighted by Gasteiger charge is 2.22. The van der Waals surface area contributed by atoms with E-state index in [1.54, 1.807) is 32.4 Å². The Morgan fingerprint density at radius 2 is 1.83 bits per heavy atom. The lowest BCUT2D eigenvalue weighted by Crippen LogP contribution is -2.25. The van der Waals surface area contributed by atoms with Crippen molar-refractivity contribution in [2.75, 3.05) is 14.2 Å². The lowest BCUT2D eigenvalue weighted by atomic mass is 10.1. The van der Waals surface area contributed by atoms with Crippen molar-refractivity contribution in [1.82, 2.24) is 5.32 Å². The molecule has 5 nitrogen and oxygen atoms in total. The maximum absolute atomic E-state index is 12.2. The molecule has 1 heterocycles. The van der Waals surface area contributed by atoms with Gasteiger partial charge in [-0.05, 0) is 29.8 Å². The number of carbonyl (C=O) groups is 1. The average Bonchev–Trinajstić information content (AvgIpc) is 2.95. The van der Waals surface area contributed by atoms with Crippen molar-refractivity contribution in [1.29, 1.82) is 0 Å². The van der Waals surface area contributed by atoms with Crippen LogP contribution in [0.25, 0.3) is 6.08 Å². The van der Waals surface area contributed by atoms with Crippen LogP contribution in [0, 0.1) is 0 Å². The Morgan fingerprint density at radius 1 is 1.08 bits per heavy atom. The SMILES string of the molecule is COc1ccc(/C=C2\N=C(c3ccccc3Br)NC2=O)cc1OC. The third-order valence-electron chi connectivity index (χ3n) is 3.54. The van der Waals surface area contributed by atoms with Crippen molar-refractivity contribution >= 4 is 33.7 Å². The van der Waals surface area contributed by atoms with Gasteiger partial charge in [-0.15, -0.1) is 0 Å². The Kier molecular flexibility index (Phi) is 4.66. The average molecular weight is 387 g/mol. The minimum absolute atomic E-state index is 0.240. The first kappa shape index (κ1) is 16.3. The van der Waals surface area contributed by atoms with E-state index in [1.165, 1.54) is 0 Å². The normalized spacial score (nSPS) is 15.2. The Labute approximate surface area is 148 Å². The first-order valence-corrected chi connectivity index (χ1v) is 8.00. The van der Waals surface area contributed by atoms with Gasteiger partial charge in [0.2, 0.25) is 0 Å². The molecule has 2 aromatic rings. The summed E-state index contributed by atoms with van der Waals surface area (Å²) in [5, 5.41) is 2.79. The first-order valence-electron chi connectivity index (χ1n) is 7.21. The van der Waals surface area contributed by atoms with E-state index in [9.17, 15) is 4.79 Å². The fraction of sp³-hybridized carbons (Fsp3) is 0.111. The zero-order valence-corrected chi connectivity index (χ0v) is 14.8. The van der Waals surface area contributed by atoms with Crippen molar-refractivity contribution in [3.8, 4) is 11.5 Å². The molecular formula is C18H15BrN2O3. The maximum atomic E-state index is 12.2. The molecule has 1 N–H and O–H groups in total. The number of carbonyl (C=O) groups excluding carboxylic acids is 1. The quantitative estimate of drug-likeness (QED) is 0.819. The van der Waals surface area contributed by atoms with Crippen LogP contribution in [0.5, 0.6) is 11.5 Å². The smallest absolute Gasteiger partial charge is 0.275 e. The van der Waals surface area contributed by atoms with E-state index in [2.05, 4.69) is 26.2 Å². The number of nitrogens with zero attached hydrogens (tertiary/aromatic N) is 1. The third-order valence-corrected chi connectivity index (χ3v) is 4.23. The van der Waals surface area contributed by atoms with Crippen molar-refractivity contribution in [3.63, 3.8) is 0 Å². The summed E-state index contributed by atoms with van der Waals surface area (Å²) in [7, 11) is 3.15. The lowest BCUT2D eigenvalue weighted by molar-refractivity contribution is -0.115. The van der Waals surface area contributed by atoms with Crippen LogP contribution in [0.2, 0.25) is 0 Å². The number of aliphatic imine (C=N–C) groups is 1. The second-order valence-corrected chi connectivity index (χ2v) is 5.89. The Morgan fingerprint density at radius 3 is 2.54 bits per heavy atom. The number of halogens is 1. The van der Waals surface area contributed by atoms with Crippen molar-refractivity contribution < 1.29 is 14.3 Å². The molecule has 0 aromatic heterocycles. The van der Waals surface area contributed by atoms with Crippen LogP contribution in [0.3, 0.4) is 0 Å². The fourth-order valence-electron chi connectivity index (χ4n) is 2.35. The number of hydrogen-bond acceptors (Lipinski definition) is 4. The molecule has 0 saturated heterocycles. The van der Waals surface area contributed by atoms with E-state index < -0.39 is 0 Å². The highest BCUT2D eigenvalue weighted by atomic mass is 79.9. The molecule has 0 aliphatic carbocycles. The zero-order chi connectivity index (χ0) is 17.1. The van der Waals surface area contributed by atoms with Gasteiger partial charge in [-0.25, -0.2) is 4.99 Å². The predicted molar refractivity (Wildman–Crippen MR) is 96.3 cm³/mol. The van der Waals surface area contributed by atoms with Gasteiger partial charge in [0.25, 0.3) is 5.91 Å². The van der Waals surface area contributed by atoms with Crippen LogP contribution < -0.4 is 14.8 Å². The molecule has 0 atom stereocenters. The Balaban J connectivity index is 1.96. The molecule has 0 unspecified atom stereocenters. The number of amidine groups is 1. The van der Waals surface area contributed by atoms with Gasteiger partial charge in [0.05, 0.1) is 14.2 Å². The molecule has 0 bridgehead atoms. The molecule has 1 aliphatic rings. The Hall–Kier alpha value is -2.60. The number of methoxy groups -OCH3 is 2.